The Morgan fingerprint density at radius 2 is 1.84 bits per heavy atom. The Morgan fingerprint density at radius 3 is 2.58 bits per heavy atom. The van der Waals surface area contributed by atoms with Crippen LogP contribution in [-0.4, -0.2) is 32.6 Å². The van der Waals surface area contributed by atoms with Gasteiger partial charge in [0.25, 0.3) is 5.91 Å². The first-order chi connectivity index (χ1) is 15.2. The van der Waals surface area contributed by atoms with Crippen molar-refractivity contribution >= 4 is 23.9 Å². The van der Waals surface area contributed by atoms with Crippen LogP contribution in [0.15, 0.2) is 64.9 Å². The molecule has 0 radical (unpaired) electrons. The van der Waals surface area contributed by atoms with Gasteiger partial charge < -0.3 is 0 Å². The Balaban J connectivity index is 1.46. The lowest BCUT2D eigenvalue weighted by molar-refractivity contribution is -0.118. The number of benzene rings is 2. The molecule has 1 heterocycles. The van der Waals surface area contributed by atoms with Crippen molar-refractivity contribution in [2.45, 2.75) is 50.2 Å². The van der Waals surface area contributed by atoms with Gasteiger partial charge in [-0.05, 0) is 25.3 Å². The number of aromatic nitrogens is 3. The molecule has 4 rings (SSSR count). The zero-order valence-electron chi connectivity index (χ0n) is 17.7. The van der Waals surface area contributed by atoms with Crippen LogP contribution in [0.2, 0.25) is 0 Å². The summed E-state index contributed by atoms with van der Waals surface area (Å²) in [4.78, 5) is 12.3. The molecule has 1 saturated carbocycles. The second-order valence-corrected chi connectivity index (χ2v) is 8.77. The molecule has 0 aliphatic heterocycles. The molecule has 31 heavy (non-hydrogen) atoms. The van der Waals surface area contributed by atoms with E-state index < -0.39 is 0 Å². The van der Waals surface area contributed by atoms with Crippen LogP contribution < -0.4 is 5.43 Å². The van der Waals surface area contributed by atoms with Gasteiger partial charge in [-0.2, -0.15) is 5.10 Å². The molecule has 160 valence electrons. The van der Waals surface area contributed by atoms with Crippen LogP contribution in [0.4, 0.5) is 0 Å². The summed E-state index contributed by atoms with van der Waals surface area (Å²) in [6.07, 6.45) is 7.60. The predicted octanol–water partition coefficient (Wildman–Crippen LogP) is 5.00. The van der Waals surface area contributed by atoms with E-state index in [4.69, 9.17) is 0 Å². The van der Waals surface area contributed by atoms with Crippen molar-refractivity contribution in [3.63, 3.8) is 0 Å². The quantitative estimate of drug-likeness (QED) is 0.323. The van der Waals surface area contributed by atoms with Gasteiger partial charge in [-0.15, -0.1) is 10.2 Å². The van der Waals surface area contributed by atoms with E-state index in [1.807, 2.05) is 30.3 Å². The number of carbonyl (C=O) groups excluding carboxylic acids is 1. The number of hydrogen-bond acceptors (Lipinski definition) is 5. The summed E-state index contributed by atoms with van der Waals surface area (Å²) in [5.41, 5.74) is 5.82. The maximum atomic E-state index is 12.3. The third kappa shape index (κ3) is 5.61. The normalized spacial score (nSPS) is 14.7. The van der Waals surface area contributed by atoms with Crippen molar-refractivity contribution < 1.29 is 4.79 Å². The van der Waals surface area contributed by atoms with Crippen LogP contribution in [0.3, 0.4) is 0 Å². The van der Waals surface area contributed by atoms with Gasteiger partial charge in [-0.1, -0.05) is 91.2 Å². The lowest BCUT2D eigenvalue weighted by atomic mass is 9.95. The number of nitrogens with zero attached hydrogens (tertiary/aromatic N) is 4. The van der Waals surface area contributed by atoms with E-state index in [0.29, 0.717) is 6.04 Å². The van der Waals surface area contributed by atoms with Crippen LogP contribution in [0.1, 0.15) is 49.3 Å². The third-order valence-electron chi connectivity index (χ3n) is 5.45. The molecular weight excluding hydrogens is 406 g/mol. The third-order valence-corrected chi connectivity index (χ3v) is 6.39. The second-order valence-electron chi connectivity index (χ2n) is 7.83. The molecule has 1 aliphatic carbocycles. The van der Waals surface area contributed by atoms with Gasteiger partial charge in [-0.25, -0.2) is 5.43 Å². The van der Waals surface area contributed by atoms with Crippen molar-refractivity contribution in [2.75, 3.05) is 5.75 Å². The molecule has 0 saturated heterocycles. The van der Waals surface area contributed by atoms with Crippen molar-refractivity contribution in [1.82, 2.24) is 20.2 Å². The lowest BCUT2D eigenvalue weighted by Gasteiger charge is -2.25. The molecule has 0 unspecified atom stereocenters. The SMILES string of the molecule is Cc1ccc(-c2nnc(SCC(=O)NN=Cc3ccccc3)n2C2CCCCC2)cc1. The zero-order valence-corrected chi connectivity index (χ0v) is 18.5. The van der Waals surface area contributed by atoms with E-state index >= 15 is 0 Å². The van der Waals surface area contributed by atoms with Gasteiger partial charge >= 0.3 is 0 Å². The molecule has 3 aromatic rings. The van der Waals surface area contributed by atoms with Crippen LogP contribution >= 0.6 is 11.8 Å². The first kappa shape index (κ1) is 21.3. The minimum Gasteiger partial charge on any atom is -0.299 e. The highest BCUT2D eigenvalue weighted by atomic mass is 32.2. The van der Waals surface area contributed by atoms with Gasteiger partial charge in [-0.3, -0.25) is 9.36 Å². The van der Waals surface area contributed by atoms with E-state index in [9.17, 15) is 4.79 Å². The number of amides is 1. The summed E-state index contributed by atoms with van der Waals surface area (Å²) in [6, 6.07) is 18.4. The maximum absolute atomic E-state index is 12.3. The summed E-state index contributed by atoms with van der Waals surface area (Å²) < 4.78 is 2.25. The van der Waals surface area contributed by atoms with E-state index in [-0.39, 0.29) is 11.7 Å². The molecule has 6 nitrogen and oxygen atoms in total. The number of rotatable bonds is 7. The fourth-order valence-corrected chi connectivity index (χ4v) is 4.62. The number of carbonyl (C=O) groups is 1. The Morgan fingerprint density at radius 1 is 1.10 bits per heavy atom. The Hall–Kier alpha value is -2.93. The number of hydrazone groups is 1. The van der Waals surface area contributed by atoms with Gasteiger partial charge in [0.1, 0.15) is 0 Å². The summed E-state index contributed by atoms with van der Waals surface area (Å²) in [7, 11) is 0. The zero-order chi connectivity index (χ0) is 21.5. The monoisotopic (exact) mass is 433 g/mol. The average molecular weight is 434 g/mol. The summed E-state index contributed by atoms with van der Waals surface area (Å²) in [5.74, 6) is 0.967. The molecule has 2 aromatic carbocycles. The van der Waals surface area contributed by atoms with Crippen molar-refractivity contribution in [3.8, 4) is 11.4 Å². The molecule has 1 N–H and O–H groups in total. The largest absolute Gasteiger partial charge is 0.299 e. The summed E-state index contributed by atoms with van der Waals surface area (Å²) in [5, 5.41) is 13.8. The smallest absolute Gasteiger partial charge is 0.250 e. The molecule has 1 amide bonds. The molecule has 1 fully saturated rings. The van der Waals surface area contributed by atoms with Gasteiger partial charge in [0.05, 0.1) is 12.0 Å². The molecule has 0 bridgehead atoms. The Bertz CT molecular complexity index is 1020. The van der Waals surface area contributed by atoms with Crippen LogP contribution in [0.25, 0.3) is 11.4 Å². The van der Waals surface area contributed by atoms with Gasteiger partial charge in [0.15, 0.2) is 11.0 Å². The fraction of sp³-hybridized carbons (Fsp3) is 0.333. The first-order valence-corrected chi connectivity index (χ1v) is 11.7. The van der Waals surface area contributed by atoms with E-state index in [1.54, 1.807) is 6.21 Å². The number of hydrogen-bond donors (Lipinski definition) is 1. The van der Waals surface area contributed by atoms with E-state index in [1.165, 1.54) is 36.6 Å². The van der Waals surface area contributed by atoms with E-state index in [2.05, 4.69) is 56.5 Å². The predicted molar refractivity (Wildman–Crippen MR) is 125 cm³/mol. The molecular formula is C24H27N5OS. The molecule has 7 heteroatoms. The topological polar surface area (TPSA) is 72.2 Å². The Labute approximate surface area is 187 Å². The highest BCUT2D eigenvalue weighted by Crippen LogP contribution is 2.35. The number of thioether (sulfide) groups is 1. The van der Waals surface area contributed by atoms with Crippen LogP contribution in [-0.2, 0) is 4.79 Å². The van der Waals surface area contributed by atoms with E-state index in [0.717, 1.165) is 34.9 Å². The maximum Gasteiger partial charge on any atom is 0.250 e. The average Bonchev–Trinajstić information content (AvgIpc) is 3.23. The fourth-order valence-electron chi connectivity index (χ4n) is 3.82. The van der Waals surface area contributed by atoms with Gasteiger partial charge in [0, 0.05) is 11.6 Å². The standard InChI is InChI=1S/C24H27N5OS/c1-18-12-14-20(15-13-18)23-27-28-24(29(23)21-10-6-3-7-11-21)31-17-22(30)26-25-16-19-8-4-2-5-9-19/h2,4-5,8-9,12-16,21H,3,6-7,10-11,17H2,1H3,(H,26,30). The van der Waals surface area contributed by atoms with Crippen molar-refractivity contribution in [3.05, 3.63) is 65.7 Å². The minimum absolute atomic E-state index is 0.160. The van der Waals surface area contributed by atoms with Crippen molar-refractivity contribution in [2.24, 2.45) is 5.10 Å². The Kier molecular flexibility index (Phi) is 7.14. The molecule has 1 aromatic heterocycles. The van der Waals surface area contributed by atoms with Crippen LogP contribution in [0, 0.1) is 6.92 Å². The summed E-state index contributed by atoms with van der Waals surface area (Å²) in [6.45, 7) is 2.08. The minimum atomic E-state index is -0.160. The second kappa shape index (κ2) is 10.4. The van der Waals surface area contributed by atoms with Gasteiger partial charge in [0.2, 0.25) is 0 Å². The number of aryl methyl sites for hydroxylation is 1. The highest BCUT2D eigenvalue weighted by Gasteiger charge is 2.24. The first-order valence-electron chi connectivity index (χ1n) is 10.7. The lowest BCUT2D eigenvalue weighted by Crippen LogP contribution is -2.20. The van der Waals surface area contributed by atoms with Crippen molar-refractivity contribution in [1.29, 1.82) is 0 Å². The van der Waals surface area contributed by atoms with Crippen LogP contribution in [0.5, 0.6) is 0 Å². The molecule has 0 spiro atoms. The molecule has 1 aliphatic rings. The molecule has 0 atom stereocenters. The highest BCUT2D eigenvalue weighted by molar-refractivity contribution is 7.99. The summed E-state index contributed by atoms with van der Waals surface area (Å²) >= 11 is 1.42. The number of nitrogens with one attached hydrogen (secondary N) is 1.